The number of amides is 2. The summed E-state index contributed by atoms with van der Waals surface area (Å²) in [6, 6.07) is 0. The van der Waals surface area contributed by atoms with Gasteiger partial charge in [0.05, 0.1) is 6.54 Å². The summed E-state index contributed by atoms with van der Waals surface area (Å²) >= 11 is 0. The van der Waals surface area contributed by atoms with E-state index in [1.54, 1.807) is 0 Å². The number of carbonyl (C=O) groups is 2. The van der Waals surface area contributed by atoms with Gasteiger partial charge >= 0.3 is 12.1 Å². The molecule has 0 aromatic heterocycles. The van der Waals surface area contributed by atoms with Gasteiger partial charge < -0.3 is 10.2 Å². The lowest BCUT2D eigenvalue weighted by Crippen LogP contribution is -2.44. The monoisotopic (exact) mass is 250 g/mol. The molecule has 0 aromatic carbocycles. The third kappa shape index (κ3) is 5.74. The second-order valence-corrected chi connectivity index (χ2v) is 3.06. The van der Waals surface area contributed by atoms with Gasteiger partial charge in [-0.05, 0) is 0 Å². The molecule has 0 rings (SSSR count). The van der Waals surface area contributed by atoms with Gasteiger partial charge in [-0.2, -0.15) is 13.2 Å². The van der Waals surface area contributed by atoms with E-state index in [0.717, 1.165) is 0 Å². The Morgan fingerprint density at radius 1 is 1.18 bits per heavy atom. The Labute approximate surface area is 96.8 Å². The van der Waals surface area contributed by atoms with Gasteiger partial charge in [0.1, 0.15) is 0 Å². The molecule has 0 heterocycles. The van der Waals surface area contributed by atoms with Gasteiger partial charge in [-0.15, -0.1) is 13.2 Å². The minimum absolute atomic E-state index is 0.173. The van der Waals surface area contributed by atoms with Crippen LogP contribution in [-0.4, -0.2) is 42.5 Å². The first-order valence-corrected chi connectivity index (χ1v) is 4.67. The van der Waals surface area contributed by atoms with E-state index in [2.05, 4.69) is 13.2 Å². The lowest BCUT2D eigenvalue weighted by atomic mass is 10.4. The number of nitrogens with zero attached hydrogens (tertiary/aromatic N) is 1. The molecule has 96 valence electrons. The summed E-state index contributed by atoms with van der Waals surface area (Å²) in [6.07, 6.45) is -2.14. The molecule has 0 saturated heterocycles. The Kier molecular flexibility index (Phi) is 6.01. The van der Waals surface area contributed by atoms with Crippen LogP contribution in [0.2, 0.25) is 0 Å². The summed E-state index contributed by atoms with van der Waals surface area (Å²) in [4.78, 5) is 23.1. The van der Waals surface area contributed by atoms with Crippen LogP contribution in [0.15, 0.2) is 25.3 Å². The fourth-order valence-electron chi connectivity index (χ4n) is 0.958. The Morgan fingerprint density at radius 3 is 2.00 bits per heavy atom. The zero-order chi connectivity index (χ0) is 13.5. The smallest absolute Gasteiger partial charge is 0.339 e. The minimum atomic E-state index is -4.98. The quantitative estimate of drug-likeness (QED) is 0.711. The van der Waals surface area contributed by atoms with Crippen molar-refractivity contribution in [1.82, 2.24) is 10.2 Å². The van der Waals surface area contributed by atoms with E-state index in [-0.39, 0.29) is 13.1 Å². The molecule has 0 aliphatic rings. The molecular weight excluding hydrogens is 237 g/mol. The molecule has 0 saturated carbocycles. The van der Waals surface area contributed by atoms with Gasteiger partial charge in [-0.3, -0.25) is 9.59 Å². The second kappa shape index (κ2) is 6.72. The van der Waals surface area contributed by atoms with Gasteiger partial charge in [0.2, 0.25) is 5.91 Å². The van der Waals surface area contributed by atoms with E-state index in [4.69, 9.17) is 0 Å². The van der Waals surface area contributed by atoms with Gasteiger partial charge in [0.15, 0.2) is 0 Å². The Balaban J connectivity index is 4.27. The molecule has 0 spiro atoms. The molecule has 0 atom stereocenters. The molecule has 1 N–H and O–H groups in total. The maximum atomic E-state index is 11.8. The summed E-state index contributed by atoms with van der Waals surface area (Å²) in [7, 11) is 0. The Morgan fingerprint density at radius 2 is 1.65 bits per heavy atom. The van der Waals surface area contributed by atoms with Gasteiger partial charge in [0.25, 0.3) is 0 Å². The van der Waals surface area contributed by atoms with Crippen LogP contribution in [-0.2, 0) is 9.59 Å². The largest absolute Gasteiger partial charge is 0.471 e. The van der Waals surface area contributed by atoms with E-state index >= 15 is 0 Å². The van der Waals surface area contributed by atoms with Crippen LogP contribution >= 0.6 is 0 Å². The highest BCUT2D eigenvalue weighted by Gasteiger charge is 2.38. The maximum Gasteiger partial charge on any atom is 0.471 e. The number of halogens is 3. The van der Waals surface area contributed by atoms with Crippen LogP contribution in [0.25, 0.3) is 0 Å². The zero-order valence-corrected chi connectivity index (χ0v) is 9.09. The predicted octanol–water partition coefficient (Wildman–Crippen LogP) is 0.865. The third-order valence-electron chi connectivity index (χ3n) is 1.71. The van der Waals surface area contributed by atoms with Crippen molar-refractivity contribution in [3.05, 3.63) is 25.3 Å². The van der Waals surface area contributed by atoms with Crippen molar-refractivity contribution >= 4 is 11.8 Å². The fourth-order valence-corrected chi connectivity index (χ4v) is 0.958. The second-order valence-electron chi connectivity index (χ2n) is 3.06. The molecule has 0 radical (unpaired) electrons. The molecule has 0 unspecified atom stereocenters. The average Bonchev–Trinajstić information content (AvgIpc) is 2.23. The number of carbonyl (C=O) groups excluding carboxylic acids is 2. The summed E-state index contributed by atoms with van der Waals surface area (Å²) < 4.78 is 35.5. The minimum Gasteiger partial charge on any atom is -0.339 e. The first kappa shape index (κ1) is 15.2. The summed E-state index contributed by atoms with van der Waals surface area (Å²) in [5, 5.41) is 1.50. The molecule has 0 bridgehead atoms. The maximum absolute atomic E-state index is 11.8. The van der Waals surface area contributed by atoms with Crippen molar-refractivity contribution in [1.29, 1.82) is 0 Å². The lowest BCUT2D eigenvalue weighted by Gasteiger charge is -2.19. The summed E-state index contributed by atoms with van der Waals surface area (Å²) in [5.74, 6) is -2.77. The molecule has 2 amide bonds. The Bertz CT molecular complexity index is 303. The number of nitrogens with one attached hydrogen (secondary N) is 1. The fraction of sp³-hybridized carbons (Fsp3) is 0.400. The third-order valence-corrected chi connectivity index (χ3v) is 1.71. The first-order chi connectivity index (χ1) is 7.82. The van der Waals surface area contributed by atoms with Crippen LogP contribution in [0.5, 0.6) is 0 Å². The standard InChI is InChI=1S/C10H13F3N2O2/c1-3-5-15(6-4-2)8(16)7-14-9(17)10(11,12)13/h3-4H,1-2,5-7H2,(H,14,17). The van der Waals surface area contributed by atoms with Crippen molar-refractivity contribution in [3.63, 3.8) is 0 Å². The van der Waals surface area contributed by atoms with Gasteiger partial charge in [-0.1, -0.05) is 12.2 Å². The summed E-state index contributed by atoms with van der Waals surface area (Å²) in [6.45, 7) is 6.45. The van der Waals surface area contributed by atoms with Crippen LogP contribution in [0.4, 0.5) is 13.2 Å². The SMILES string of the molecule is C=CCN(CC=C)C(=O)CNC(=O)C(F)(F)F. The van der Waals surface area contributed by atoms with Crippen LogP contribution in [0.3, 0.4) is 0 Å². The average molecular weight is 250 g/mol. The molecule has 0 aliphatic heterocycles. The van der Waals surface area contributed by atoms with Crippen LogP contribution in [0.1, 0.15) is 0 Å². The van der Waals surface area contributed by atoms with Crippen molar-refractivity contribution in [2.24, 2.45) is 0 Å². The highest BCUT2D eigenvalue weighted by atomic mass is 19.4. The zero-order valence-electron chi connectivity index (χ0n) is 9.09. The van der Waals surface area contributed by atoms with Gasteiger partial charge in [-0.25, -0.2) is 0 Å². The highest BCUT2D eigenvalue weighted by Crippen LogP contribution is 2.13. The number of hydrogen-bond acceptors (Lipinski definition) is 2. The van der Waals surface area contributed by atoms with Crippen LogP contribution < -0.4 is 5.32 Å². The van der Waals surface area contributed by atoms with Crippen molar-refractivity contribution in [3.8, 4) is 0 Å². The first-order valence-electron chi connectivity index (χ1n) is 4.67. The number of rotatable bonds is 6. The Hall–Kier alpha value is -1.79. The van der Waals surface area contributed by atoms with E-state index in [9.17, 15) is 22.8 Å². The molecule has 0 aliphatic carbocycles. The lowest BCUT2D eigenvalue weighted by molar-refractivity contribution is -0.174. The summed E-state index contributed by atoms with van der Waals surface area (Å²) in [5.41, 5.74) is 0. The van der Waals surface area contributed by atoms with E-state index in [1.807, 2.05) is 0 Å². The van der Waals surface area contributed by atoms with Gasteiger partial charge in [0, 0.05) is 13.1 Å². The van der Waals surface area contributed by atoms with Crippen LogP contribution in [0, 0.1) is 0 Å². The molecule has 7 heteroatoms. The van der Waals surface area contributed by atoms with Crippen molar-refractivity contribution in [2.75, 3.05) is 19.6 Å². The molecule has 17 heavy (non-hydrogen) atoms. The number of hydrogen-bond donors (Lipinski definition) is 1. The predicted molar refractivity (Wildman–Crippen MR) is 56.0 cm³/mol. The van der Waals surface area contributed by atoms with Crippen molar-refractivity contribution in [2.45, 2.75) is 6.18 Å². The highest BCUT2D eigenvalue weighted by molar-refractivity contribution is 5.87. The normalized spacial score (nSPS) is 10.5. The molecule has 4 nitrogen and oxygen atoms in total. The van der Waals surface area contributed by atoms with E-state index < -0.39 is 24.5 Å². The molecule has 0 fully saturated rings. The molecular formula is C10H13F3N2O2. The molecule has 0 aromatic rings. The van der Waals surface area contributed by atoms with E-state index in [1.165, 1.54) is 22.4 Å². The van der Waals surface area contributed by atoms with Crippen molar-refractivity contribution < 1.29 is 22.8 Å². The van der Waals surface area contributed by atoms with E-state index in [0.29, 0.717) is 0 Å². The topological polar surface area (TPSA) is 49.4 Å². The number of alkyl halides is 3.